The second-order valence-corrected chi connectivity index (χ2v) is 7.51. The summed E-state index contributed by atoms with van der Waals surface area (Å²) in [5.41, 5.74) is 7.60. The smallest absolute Gasteiger partial charge is 0.275 e. The van der Waals surface area contributed by atoms with Gasteiger partial charge in [-0.25, -0.2) is 9.97 Å². The minimum Gasteiger partial charge on any atom is -0.378 e. The lowest BCUT2D eigenvalue weighted by Gasteiger charge is -2.25. The molecule has 9 heteroatoms. The maximum atomic E-state index is 12.3. The number of hydrogen-bond acceptors (Lipinski definition) is 8. The van der Waals surface area contributed by atoms with Crippen molar-refractivity contribution in [2.24, 2.45) is 5.73 Å². The molecule has 1 aromatic carbocycles. The number of benzene rings is 1. The van der Waals surface area contributed by atoms with E-state index in [-0.39, 0.29) is 5.91 Å². The van der Waals surface area contributed by atoms with Gasteiger partial charge >= 0.3 is 0 Å². The summed E-state index contributed by atoms with van der Waals surface area (Å²) in [5.74, 6) is -0.229. The Hall–Kier alpha value is -2.07. The molecule has 3 N–H and O–H groups in total. The molecule has 1 aliphatic rings. The predicted molar refractivity (Wildman–Crippen MR) is 101 cm³/mol. The summed E-state index contributed by atoms with van der Waals surface area (Å²) in [6, 6.07) is 5.74. The third-order valence-electron chi connectivity index (χ3n) is 3.88. The van der Waals surface area contributed by atoms with Crippen LogP contribution >= 0.6 is 22.7 Å². The van der Waals surface area contributed by atoms with E-state index in [0.717, 1.165) is 52.3 Å². The number of nitrogens with one attached hydrogen (secondary N) is 1. The lowest BCUT2D eigenvalue weighted by atomic mass is 10.3. The Morgan fingerprint density at radius 1 is 1.32 bits per heavy atom. The molecule has 0 unspecified atom stereocenters. The average Bonchev–Trinajstić information content (AvgIpc) is 3.29. The van der Waals surface area contributed by atoms with Gasteiger partial charge in [-0.3, -0.25) is 4.79 Å². The molecule has 7 nitrogen and oxygen atoms in total. The summed E-state index contributed by atoms with van der Waals surface area (Å²) in [6.45, 7) is 3.52. The summed E-state index contributed by atoms with van der Waals surface area (Å²) in [5, 5.41) is 6.35. The molecule has 0 radical (unpaired) electrons. The second kappa shape index (κ2) is 7.04. The van der Waals surface area contributed by atoms with Crippen LogP contribution in [0.15, 0.2) is 23.6 Å². The van der Waals surface area contributed by atoms with Gasteiger partial charge in [-0.15, -0.1) is 11.3 Å². The van der Waals surface area contributed by atoms with Gasteiger partial charge in [0, 0.05) is 30.7 Å². The molecule has 0 saturated carbocycles. The van der Waals surface area contributed by atoms with Crippen LogP contribution in [0.1, 0.15) is 15.5 Å². The van der Waals surface area contributed by atoms with Crippen LogP contribution in [-0.4, -0.2) is 42.2 Å². The highest BCUT2D eigenvalue weighted by molar-refractivity contribution is 7.22. The van der Waals surface area contributed by atoms with Gasteiger partial charge in [0.2, 0.25) is 0 Å². The van der Waals surface area contributed by atoms with Gasteiger partial charge in [0.1, 0.15) is 10.7 Å². The van der Waals surface area contributed by atoms with Crippen molar-refractivity contribution in [1.29, 1.82) is 0 Å². The maximum absolute atomic E-state index is 12.3. The largest absolute Gasteiger partial charge is 0.378 e. The van der Waals surface area contributed by atoms with Crippen LogP contribution in [0.5, 0.6) is 0 Å². The quantitative estimate of drug-likeness (QED) is 0.727. The number of anilines is 2. The summed E-state index contributed by atoms with van der Waals surface area (Å²) < 4.78 is 6.43. The molecule has 0 bridgehead atoms. The normalized spacial score (nSPS) is 14.8. The zero-order chi connectivity index (χ0) is 17.2. The zero-order valence-corrected chi connectivity index (χ0v) is 15.0. The lowest BCUT2D eigenvalue weighted by Crippen LogP contribution is -2.36. The molecular formula is C16H17N5O2S2. The molecule has 0 aliphatic carbocycles. The average molecular weight is 375 g/mol. The second-order valence-electron chi connectivity index (χ2n) is 5.56. The molecule has 0 spiro atoms. The van der Waals surface area contributed by atoms with E-state index in [2.05, 4.69) is 20.2 Å². The summed E-state index contributed by atoms with van der Waals surface area (Å²) in [4.78, 5) is 23.4. The maximum Gasteiger partial charge on any atom is 0.275 e. The fourth-order valence-corrected chi connectivity index (χ4v) is 4.30. The molecule has 1 aliphatic heterocycles. The van der Waals surface area contributed by atoms with E-state index in [1.165, 1.54) is 11.3 Å². The van der Waals surface area contributed by atoms with Crippen LogP contribution < -0.4 is 16.0 Å². The minimum atomic E-state index is -0.229. The van der Waals surface area contributed by atoms with Crippen molar-refractivity contribution in [3.63, 3.8) is 0 Å². The molecular weight excluding hydrogens is 358 g/mol. The van der Waals surface area contributed by atoms with E-state index >= 15 is 0 Å². The van der Waals surface area contributed by atoms with E-state index in [0.29, 0.717) is 12.2 Å². The Balaban J connectivity index is 1.53. The van der Waals surface area contributed by atoms with E-state index in [1.807, 2.05) is 18.2 Å². The summed E-state index contributed by atoms with van der Waals surface area (Å²) in [7, 11) is 0. The van der Waals surface area contributed by atoms with Crippen LogP contribution in [-0.2, 0) is 11.3 Å². The van der Waals surface area contributed by atoms with Crippen molar-refractivity contribution in [2.75, 3.05) is 36.5 Å². The number of rotatable bonds is 4. The SMILES string of the molecule is NCc1nc(C(=O)Nc2ccc3nc(N4CCOCC4)sc3c2)cs1. The van der Waals surface area contributed by atoms with Crippen LogP contribution in [0, 0.1) is 0 Å². The van der Waals surface area contributed by atoms with E-state index in [1.54, 1.807) is 16.7 Å². The molecule has 1 fully saturated rings. The monoisotopic (exact) mass is 375 g/mol. The summed E-state index contributed by atoms with van der Waals surface area (Å²) >= 11 is 3.02. The van der Waals surface area contributed by atoms with Gasteiger partial charge in [-0.2, -0.15) is 0 Å². The first-order valence-corrected chi connectivity index (χ1v) is 9.61. The number of morpholine rings is 1. The molecule has 25 heavy (non-hydrogen) atoms. The number of fused-ring (bicyclic) bond motifs is 1. The lowest BCUT2D eigenvalue weighted by molar-refractivity contribution is 0.102. The Morgan fingerprint density at radius 2 is 2.16 bits per heavy atom. The first-order valence-electron chi connectivity index (χ1n) is 7.92. The number of nitrogens with two attached hydrogens (primary N) is 1. The third kappa shape index (κ3) is 3.49. The van der Waals surface area contributed by atoms with Crippen molar-refractivity contribution < 1.29 is 9.53 Å². The number of ether oxygens (including phenoxy) is 1. The van der Waals surface area contributed by atoms with E-state index in [4.69, 9.17) is 10.5 Å². The highest BCUT2D eigenvalue weighted by Gasteiger charge is 2.16. The van der Waals surface area contributed by atoms with Gasteiger partial charge in [0.25, 0.3) is 5.91 Å². The van der Waals surface area contributed by atoms with Crippen LogP contribution in [0.2, 0.25) is 0 Å². The van der Waals surface area contributed by atoms with Crippen LogP contribution in [0.3, 0.4) is 0 Å². The number of carbonyl (C=O) groups is 1. The highest BCUT2D eigenvalue weighted by atomic mass is 32.1. The van der Waals surface area contributed by atoms with Crippen molar-refractivity contribution in [3.05, 3.63) is 34.3 Å². The standard InChI is InChI=1S/C16H17N5O2S2/c17-8-14-19-12(9-24-14)15(22)18-10-1-2-11-13(7-10)25-16(20-11)21-3-5-23-6-4-21/h1-2,7,9H,3-6,8,17H2,(H,18,22). The van der Waals surface area contributed by atoms with Crippen LogP contribution in [0.25, 0.3) is 10.2 Å². The zero-order valence-electron chi connectivity index (χ0n) is 13.4. The molecule has 0 atom stereocenters. The molecule has 130 valence electrons. The van der Waals surface area contributed by atoms with Crippen molar-refractivity contribution in [3.8, 4) is 0 Å². The molecule has 1 amide bonds. The van der Waals surface area contributed by atoms with Gasteiger partial charge in [-0.1, -0.05) is 11.3 Å². The first-order chi connectivity index (χ1) is 12.2. The number of aromatic nitrogens is 2. The number of hydrogen-bond donors (Lipinski definition) is 2. The van der Waals surface area contributed by atoms with Gasteiger partial charge in [-0.05, 0) is 18.2 Å². The fourth-order valence-electron chi connectivity index (χ4n) is 2.58. The Labute approximate surface area is 152 Å². The van der Waals surface area contributed by atoms with Gasteiger partial charge in [0.05, 0.1) is 23.4 Å². The molecule has 4 rings (SSSR count). The summed E-state index contributed by atoms with van der Waals surface area (Å²) in [6.07, 6.45) is 0. The number of nitrogens with zero attached hydrogens (tertiary/aromatic N) is 3. The van der Waals surface area contributed by atoms with Crippen molar-refractivity contribution in [1.82, 2.24) is 9.97 Å². The van der Waals surface area contributed by atoms with Crippen molar-refractivity contribution in [2.45, 2.75) is 6.54 Å². The molecule has 3 aromatic rings. The first kappa shape index (κ1) is 16.4. The molecule has 1 saturated heterocycles. The third-order valence-corrected chi connectivity index (χ3v) is 5.83. The highest BCUT2D eigenvalue weighted by Crippen LogP contribution is 2.31. The number of carbonyl (C=O) groups excluding carboxylic acids is 1. The Morgan fingerprint density at radius 3 is 2.92 bits per heavy atom. The van der Waals surface area contributed by atoms with Gasteiger partial charge in [0.15, 0.2) is 5.13 Å². The fraction of sp³-hybridized carbons (Fsp3) is 0.312. The Bertz CT molecular complexity index is 901. The van der Waals surface area contributed by atoms with Gasteiger partial charge < -0.3 is 20.7 Å². The van der Waals surface area contributed by atoms with Crippen LogP contribution in [0.4, 0.5) is 10.8 Å². The Kier molecular flexibility index (Phi) is 4.62. The minimum absolute atomic E-state index is 0.229. The number of thiazole rings is 2. The number of amides is 1. The van der Waals surface area contributed by atoms with E-state index in [9.17, 15) is 4.79 Å². The molecule has 3 heterocycles. The topological polar surface area (TPSA) is 93.4 Å². The van der Waals surface area contributed by atoms with E-state index < -0.39 is 0 Å². The predicted octanol–water partition coefficient (Wildman–Crippen LogP) is 2.30. The molecule has 2 aromatic heterocycles. The van der Waals surface area contributed by atoms with Crippen molar-refractivity contribution >= 4 is 49.6 Å².